The Morgan fingerprint density at radius 1 is 1.35 bits per heavy atom. The van der Waals surface area contributed by atoms with Gasteiger partial charge in [0.05, 0.1) is 20.9 Å². The molecule has 0 aromatic heterocycles. The van der Waals surface area contributed by atoms with Crippen molar-refractivity contribution in [2.75, 3.05) is 0 Å². The molecule has 0 saturated carbocycles. The summed E-state index contributed by atoms with van der Waals surface area (Å²) in [5, 5.41) is 0. The molecule has 0 amide bonds. The van der Waals surface area contributed by atoms with Crippen LogP contribution in [0, 0.1) is 0 Å². The van der Waals surface area contributed by atoms with E-state index in [0.29, 0.717) is 8.52 Å². The molecule has 4 nitrogen and oxygen atoms in total. The molecule has 4 atom stereocenters. The second kappa shape index (κ2) is 7.79. The first-order chi connectivity index (χ1) is 10.8. The number of alkyl halides is 3. The number of halogens is 3. The summed E-state index contributed by atoms with van der Waals surface area (Å²) < 4.78 is 57.3. The molecule has 1 aliphatic heterocycles. The van der Waals surface area contributed by atoms with Gasteiger partial charge in [0.25, 0.3) is 0 Å². The maximum Gasteiger partial charge on any atom is 0.416 e. The first-order valence-corrected chi connectivity index (χ1v) is 10.5. The van der Waals surface area contributed by atoms with Gasteiger partial charge in [-0.3, -0.25) is 0 Å². The molecule has 1 heterocycles. The lowest BCUT2D eigenvalue weighted by molar-refractivity contribution is -0.137. The zero-order chi connectivity index (χ0) is 17.0. The van der Waals surface area contributed by atoms with E-state index in [9.17, 15) is 13.2 Å². The number of benzene rings is 1. The van der Waals surface area contributed by atoms with Crippen molar-refractivity contribution < 1.29 is 17.9 Å². The topological polar surface area (TPSA) is 46.3 Å². The minimum atomic E-state index is -4.37. The summed E-state index contributed by atoms with van der Waals surface area (Å²) >= 11 is 0. The van der Waals surface area contributed by atoms with E-state index in [-0.39, 0.29) is 17.5 Å². The minimum absolute atomic E-state index is 0.0440. The van der Waals surface area contributed by atoms with Crippen molar-refractivity contribution in [3.8, 4) is 5.75 Å². The highest BCUT2D eigenvalue weighted by Gasteiger charge is 2.31. The lowest BCUT2D eigenvalue weighted by Crippen LogP contribution is -2.23. The zero-order valence-corrected chi connectivity index (χ0v) is 15.6. The molecule has 1 aliphatic rings. The number of hydrogen-bond acceptors (Lipinski definition) is 4. The van der Waals surface area contributed by atoms with Crippen LogP contribution < -0.4 is 4.74 Å². The van der Waals surface area contributed by atoms with Gasteiger partial charge in [0.1, 0.15) is 11.9 Å². The van der Waals surface area contributed by atoms with Gasteiger partial charge in [-0.1, -0.05) is 13.0 Å². The number of hydrogen-bond donors (Lipinski definition) is 0. The second-order valence-corrected chi connectivity index (χ2v) is 10.2. The van der Waals surface area contributed by atoms with Gasteiger partial charge in [0, 0.05) is 5.66 Å². The van der Waals surface area contributed by atoms with Gasteiger partial charge < -0.3 is 4.74 Å². The van der Waals surface area contributed by atoms with Crippen LogP contribution in [0.3, 0.4) is 0 Å². The molecule has 0 bridgehead atoms. The van der Waals surface area contributed by atoms with Crippen molar-refractivity contribution >= 4 is 29.7 Å². The molecular formula is C13H17F3N3OP3. The Bertz CT molecular complexity index is 725. The molecule has 23 heavy (non-hydrogen) atoms. The van der Waals surface area contributed by atoms with E-state index in [2.05, 4.69) is 13.5 Å². The quantitative estimate of drug-likeness (QED) is 0.540. The second-order valence-electron chi connectivity index (χ2n) is 4.95. The maximum atomic E-state index is 12.7. The highest BCUT2D eigenvalue weighted by Crippen LogP contribution is 2.48. The third-order valence-electron chi connectivity index (χ3n) is 3.31. The smallest absolute Gasteiger partial charge is 0.416 e. The fourth-order valence-corrected chi connectivity index (χ4v) is 7.73. The largest absolute Gasteiger partial charge is 0.490 e. The molecule has 0 aliphatic carbocycles. The van der Waals surface area contributed by atoms with Crippen LogP contribution in [0.1, 0.15) is 26.3 Å². The number of nitrogens with zero attached hydrogens (tertiary/aromatic N) is 3. The zero-order valence-electron chi connectivity index (χ0n) is 12.8. The fourth-order valence-electron chi connectivity index (χ4n) is 1.82. The Balaban J connectivity index is 2.13. The van der Waals surface area contributed by atoms with Gasteiger partial charge in [0.15, 0.2) is 8.52 Å². The van der Waals surface area contributed by atoms with Gasteiger partial charge in [-0.25, -0.2) is 9.03 Å². The Labute approximate surface area is 136 Å². The lowest BCUT2D eigenvalue weighted by atomic mass is 10.2. The van der Waals surface area contributed by atoms with Crippen LogP contribution in [0.25, 0.3) is 0 Å². The van der Waals surface area contributed by atoms with E-state index in [0.717, 1.165) is 12.1 Å². The van der Waals surface area contributed by atoms with Crippen molar-refractivity contribution in [3.05, 3.63) is 29.8 Å². The first-order valence-electron chi connectivity index (χ1n) is 6.94. The highest BCUT2D eigenvalue weighted by atomic mass is 31.2. The number of ether oxygens (including phenoxy) is 1. The average molecular weight is 381 g/mol. The van der Waals surface area contributed by atoms with Crippen molar-refractivity contribution in [2.24, 2.45) is 13.5 Å². The van der Waals surface area contributed by atoms with Gasteiger partial charge in [-0.15, -0.1) is 0 Å². The summed E-state index contributed by atoms with van der Waals surface area (Å²) in [6.45, 7) is 5.74. The Morgan fingerprint density at radius 2 is 2.09 bits per heavy atom. The van der Waals surface area contributed by atoms with Crippen LogP contribution in [0.2, 0.25) is 0 Å². The minimum Gasteiger partial charge on any atom is -0.490 e. The molecule has 0 saturated heterocycles. The lowest BCUT2D eigenvalue weighted by Gasteiger charge is -2.22. The molecule has 4 unspecified atom stereocenters. The summed E-state index contributed by atoms with van der Waals surface area (Å²) in [5.41, 5.74) is -0.667. The molecule has 0 radical (unpaired) electrons. The van der Waals surface area contributed by atoms with Crippen LogP contribution in [0.15, 0.2) is 37.8 Å². The van der Waals surface area contributed by atoms with Crippen LogP contribution in [0.4, 0.5) is 13.2 Å². The van der Waals surface area contributed by atoms with Crippen LogP contribution in [0.5, 0.6) is 5.75 Å². The molecule has 1 aromatic rings. The molecule has 0 spiro atoms. The summed E-state index contributed by atoms with van der Waals surface area (Å²) in [4.78, 5) is 0. The molecule has 126 valence electrons. The summed E-state index contributed by atoms with van der Waals surface area (Å²) in [5.74, 6) is 2.18. The van der Waals surface area contributed by atoms with Gasteiger partial charge >= 0.3 is 6.18 Å². The predicted molar refractivity (Wildman–Crippen MR) is 92.2 cm³/mol. The Kier molecular flexibility index (Phi) is 6.25. The van der Waals surface area contributed by atoms with Gasteiger partial charge in [-0.05, 0) is 37.8 Å². The summed E-state index contributed by atoms with van der Waals surface area (Å²) in [6.07, 6.45) is -4.65. The molecule has 10 heteroatoms. The molecule has 1 aromatic carbocycles. The highest BCUT2D eigenvalue weighted by molar-refractivity contribution is 7.65. The summed E-state index contributed by atoms with van der Waals surface area (Å²) in [6, 6.07) is 4.94. The third kappa shape index (κ3) is 5.04. The van der Waals surface area contributed by atoms with Crippen molar-refractivity contribution in [1.82, 2.24) is 0 Å². The van der Waals surface area contributed by atoms with E-state index in [1.165, 1.54) is 12.1 Å². The standard InChI is InChI=1S/C13H17F3N3OP3/c1-4-22-17-21-18-23(19-22)10(3)9(2)20-12-7-5-6-11(8-12)13(14,15)16/h4-10,23H,1-3H3. The molecule has 0 N–H and O–H groups in total. The van der Waals surface area contributed by atoms with Crippen molar-refractivity contribution in [2.45, 2.75) is 38.7 Å². The third-order valence-corrected chi connectivity index (χ3v) is 8.93. The van der Waals surface area contributed by atoms with Crippen LogP contribution in [-0.2, 0) is 6.18 Å². The van der Waals surface area contributed by atoms with Crippen molar-refractivity contribution in [1.29, 1.82) is 0 Å². The van der Waals surface area contributed by atoms with E-state index >= 15 is 0 Å². The average Bonchev–Trinajstić information content (AvgIpc) is 2.53. The van der Waals surface area contributed by atoms with E-state index in [1.807, 2.05) is 26.6 Å². The molecule has 0 fully saturated rings. The first kappa shape index (κ1) is 18.4. The molecule has 2 rings (SSSR count). The Morgan fingerprint density at radius 3 is 2.74 bits per heavy atom. The Hall–Kier alpha value is -0.890. The summed E-state index contributed by atoms with van der Waals surface area (Å²) in [7, 11) is -1.44. The van der Waals surface area contributed by atoms with Crippen LogP contribution in [-0.4, -0.2) is 17.6 Å². The van der Waals surface area contributed by atoms with E-state index in [4.69, 9.17) is 4.74 Å². The predicted octanol–water partition coefficient (Wildman–Crippen LogP) is 6.64. The fraction of sp³-hybridized carbons (Fsp3) is 0.462. The number of rotatable bonds is 4. The maximum absolute atomic E-state index is 12.7. The normalized spacial score (nSPS) is 22.9. The van der Waals surface area contributed by atoms with E-state index in [1.54, 1.807) is 0 Å². The van der Waals surface area contributed by atoms with Gasteiger partial charge in [0.2, 0.25) is 0 Å². The SMILES string of the molecule is C/C=P1=NP=N[PH](C(C)C(C)Oc2cccc(C(F)(F)F)c2)=N/1. The molecular weight excluding hydrogens is 364 g/mol. The monoisotopic (exact) mass is 381 g/mol. The van der Waals surface area contributed by atoms with Crippen molar-refractivity contribution in [3.63, 3.8) is 0 Å². The van der Waals surface area contributed by atoms with Gasteiger partial charge in [-0.2, -0.15) is 17.7 Å². The van der Waals surface area contributed by atoms with E-state index < -0.39 is 27.1 Å². The van der Waals surface area contributed by atoms with Crippen LogP contribution >= 0.6 is 23.9 Å².